The Labute approximate surface area is 98.8 Å². The molecule has 0 aliphatic rings. The lowest BCUT2D eigenvalue weighted by Crippen LogP contribution is -2.19. The van der Waals surface area contributed by atoms with Gasteiger partial charge >= 0.3 is 0 Å². The summed E-state index contributed by atoms with van der Waals surface area (Å²) in [5, 5.41) is 2.64. The Hall–Kier alpha value is -1.49. The van der Waals surface area contributed by atoms with Gasteiger partial charge in [-0.3, -0.25) is 4.79 Å². The van der Waals surface area contributed by atoms with Crippen LogP contribution in [0.1, 0.15) is 19.4 Å². The zero-order valence-electron chi connectivity index (χ0n) is 9.08. The molecule has 0 bridgehead atoms. The lowest BCUT2D eigenvalue weighted by molar-refractivity contribution is -0.118. The second kappa shape index (κ2) is 5.03. The molecule has 0 fully saturated rings. The van der Waals surface area contributed by atoms with Crippen molar-refractivity contribution in [3.05, 3.63) is 29.6 Å². The van der Waals surface area contributed by atoms with Gasteiger partial charge in [0.2, 0.25) is 5.91 Å². The number of thiocarbonyl (C=S) groups is 1. The Kier molecular flexibility index (Phi) is 3.95. The SMILES string of the molecule is CC(C)C(=O)Nc1ccc(F)c(C(N)=S)c1. The second-order valence-electron chi connectivity index (χ2n) is 3.70. The normalized spacial score (nSPS) is 10.2. The van der Waals surface area contributed by atoms with Gasteiger partial charge in [0, 0.05) is 17.2 Å². The van der Waals surface area contributed by atoms with Gasteiger partial charge in [0.05, 0.1) is 0 Å². The third-order valence-electron chi connectivity index (χ3n) is 2.02. The van der Waals surface area contributed by atoms with Crippen molar-refractivity contribution in [2.75, 3.05) is 5.32 Å². The van der Waals surface area contributed by atoms with Crippen LogP contribution < -0.4 is 11.1 Å². The number of hydrogen-bond donors (Lipinski definition) is 2. The van der Waals surface area contributed by atoms with Crippen molar-refractivity contribution in [3.8, 4) is 0 Å². The van der Waals surface area contributed by atoms with E-state index in [1.54, 1.807) is 13.8 Å². The van der Waals surface area contributed by atoms with Crippen molar-refractivity contribution >= 4 is 28.8 Å². The number of hydrogen-bond acceptors (Lipinski definition) is 2. The molecule has 0 spiro atoms. The average Bonchev–Trinajstić information content (AvgIpc) is 2.20. The maximum atomic E-state index is 13.2. The molecule has 3 N–H and O–H groups in total. The van der Waals surface area contributed by atoms with Crippen molar-refractivity contribution in [3.63, 3.8) is 0 Å². The number of carbonyl (C=O) groups is 1. The second-order valence-corrected chi connectivity index (χ2v) is 4.14. The number of rotatable bonds is 3. The molecule has 86 valence electrons. The zero-order valence-corrected chi connectivity index (χ0v) is 9.90. The fourth-order valence-corrected chi connectivity index (χ4v) is 1.23. The highest BCUT2D eigenvalue weighted by molar-refractivity contribution is 7.80. The van der Waals surface area contributed by atoms with E-state index in [0.29, 0.717) is 5.69 Å². The molecule has 0 aliphatic heterocycles. The van der Waals surface area contributed by atoms with Crippen LogP contribution in [0.25, 0.3) is 0 Å². The highest BCUT2D eigenvalue weighted by atomic mass is 32.1. The minimum Gasteiger partial charge on any atom is -0.389 e. The first-order valence-corrected chi connectivity index (χ1v) is 5.23. The standard InChI is InChI=1S/C11H13FN2OS/c1-6(2)11(15)14-7-3-4-9(12)8(5-7)10(13)16/h3-6H,1-2H3,(H2,13,16)(H,14,15). The van der Waals surface area contributed by atoms with Crippen LogP contribution in [-0.4, -0.2) is 10.9 Å². The Morgan fingerprint density at radius 3 is 2.62 bits per heavy atom. The highest BCUT2D eigenvalue weighted by Crippen LogP contribution is 2.15. The number of amides is 1. The molecule has 1 amide bonds. The molecule has 0 atom stereocenters. The van der Waals surface area contributed by atoms with Gasteiger partial charge in [-0.2, -0.15) is 0 Å². The summed E-state index contributed by atoms with van der Waals surface area (Å²) in [5.41, 5.74) is 5.98. The molecule has 1 aromatic rings. The molecule has 0 aromatic heterocycles. The van der Waals surface area contributed by atoms with Gasteiger partial charge in [0.15, 0.2) is 0 Å². The molecule has 0 radical (unpaired) electrons. The Morgan fingerprint density at radius 2 is 2.12 bits per heavy atom. The van der Waals surface area contributed by atoms with Gasteiger partial charge in [-0.1, -0.05) is 26.1 Å². The molecule has 0 heterocycles. The van der Waals surface area contributed by atoms with Crippen molar-refractivity contribution in [1.29, 1.82) is 0 Å². The summed E-state index contributed by atoms with van der Waals surface area (Å²) in [6.07, 6.45) is 0. The third-order valence-corrected chi connectivity index (χ3v) is 2.24. The van der Waals surface area contributed by atoms with Crippen LogP contribution in [-0.2, 0) is 4.79 Å². The minimum absolute atomic E-state index is 0.0295. The first-order valence-electron chi connectivity index (χ1n) is 4.82. The summed E-state index contributed by atoms with van der Waals surface area (Å²) in [5.74, 6) is -0.770. The maximum absolute atomic E-state index is 13.2. The number of nitrogens with one attached hydrogen (secondary N) is 1. The van der Waals surface area contributed by atoms with E-state index in [0.717, 1.165) is 0 Å². The summed E-state index contributed by atoms with van der Waals surface area (Å²) < 4.78 is 13.2. The number of nitrogens with two attached hydrogens (primary N) is 1. The predicted molar refractivity (Wildman–Crippen MR) is 65.8 cm³/mol. The van der Waals surface area contributed by atoms with Gasteiger partial charge in [-0.15, -0.1) is 0 Å². The fraction of sp³-hybridized carbons (Fsp3) is 0.273. The summed E-state index contributed by atoms with van der Waals surface area (Å²) >= 11 is 4.70. The molecule has 0 saturated carbocycles. The average molecular weight is 240 g/mol. The first-order chi connectivity index (χ1) is 7.41. The largest absolute Gasteiger partial charge is 0.389 e. The van der Waals surface area contributed by atoms with Crippen LogP contribution >= 0.6 is 12.2 Å². The van der Waals surface area contributed by atoms with E-state index in [-0.39, 0.29) is 22.4 Å². The summed E-state index contributed by atoms with van der Waals surface area (Å²) in [4.78, 5) is 11.4. The molecule has 0 aliphatic carbocycles. The number of carbonyl (C=O) groups excluding carboxylic acids is 1. The lowest BCUT2D eigenvalue weighted by atomic mass is 10.1. The zero-order chi connectivity index (χ0) is 12.3. The summed E-state index contributed by atoms with van der Waals surface area (Å²) in [6.45, 7) is 3.54. The monoisotopic (exact) mass is 240 g/mol. The van der Waals surface area contributed by atoms with E-state index in [9.17, 15) is 9.18 Å². The quantitative estimate of drug-likeness (QED) is 0.795. The van der Waals surface area contributed by atoms with Crippen LogP contribution in [0.5, 0.6) is 0 Å². The third kappa shape index (κ3) is 3.00. The first kappa shape index (κ1) is 12.6. The number of halogens is 1. The Balaban J connectivity index is 2.95. The Bertz CT molecular complexity index is 432. The summed E-state index contributed by atoms with van der Waals surface area (Å²) in [7, 11) is 0. The van der Waals surface area contributed by atoms with Gasteiger partial charge in [-0.05, 0) is 18.2 Å². The lowest BCUT2D eigenvalue weighted by Gasteiger charge is -2.09. The van der Waals surface area contributed by atoms with E-state index < -0.39 is 5.82 Å². The topological polar surface area (TPSA) is 55.1 Å². The van der Waals surface area contributed by atoms with Crippen molar-refractivity contribution < 1.29 is 9.18 Å². The molecule has 3 nitrogen and oxygen atoms in total. The molecule has 16 heavy (non-hydrogen) atoms. The minimum atomic E-state index is -0.491. The van der Waals surface area contributed by atoms with E-state index in [1.807, 2.05) is 0 Å². The van der Waals surface area contributed by atoms with Gasteiger partial charge in [-0.25, -0.2) is 4.39 Å². The molecule has 1 rings (SSSR count). The number of anilines is 1. The molecular weight excluding hydrogens is 227 g/mol. The van der Waals surface area contributed by atoms with Crippen molar-refractivity contribution in [1.82, 2.24) is 0 Å². The molecule has 0 unspecified atom stereocenters. The van der Waals surface area contributed by atoms with Crippen LogP contribution in [0.15, 0.2) is 18.2 Å². The fourth-order valence-electron chi connectivity index (χ4n) is 1.08. The van der Waals surface area contributed by atoms with Gasteiger partial charge in [0.1, 0.15) is 10.8 Å². The van der Waals surface area contributed by atoms with Gasteiger partial charge in [0.25, 0.3) is 0 Å². The smallest absolute Gasteiger partial charge is 0.226 e. The molecular formula is C11H13FN2OS. The van der Waals surface area contributed by atoms with Crippen molar-refractivity contribution in [2.24, 2.45) is 11.7 Å². The number of benzene rings is 1. The van der Waals surface area contributed by atoms with Crippen molar-refractivity contribution in [2.45, 2.75) is 13.8 Å². The summed E-state index contributed by atoms with van der Waals surface area (Å²) in [6, 6.07) is 4.12. The van der Waals surface area contributed by atoms with Crippen LogP contribution in [0.2, 0.25) is 0 Å². The Morgan fingerprint density at radius 1 is 1.50 bits per heavy atom. The predicted octanol–water partition coefficient (Wildman–Crippen LogP) is 2.05. The van der Waals surface area contributed by atoms with Crippen LogP contribution in [0, 0.1) is 11.7 Å². The molecule has 5 heteroatoms. The van der Waals surface area contributed by atoms with Crippen LogP contribution in [0.4, 0.5) is 10.1 Å². The van der Waals surface area contributed by atoms with E-state index in [4.69, 9.17) is 18.0 Å². The van der Waals surface area contributed by atoms with E-state index in [2.05, 4.69) is 5.32 Å². The van der Waals surface area contributed by atoms with Gasteiger partial charge < -0.3 is 11.1 Å². The van der Waals surface area contributed by atoms with E-state index >= 15 is 0 Å². The van der Waals surface area contributed by atoms with Crippen LogP contribution in [0.3, 0.4) is 0 Å². The highest BCUT2D eigenvalue weighted by Gasteiger charge is 2.10. The maximum Gasteiger partial charge on any atom is 0.226 e. The van der Waals surface area contributed by atoms with E-state index in [1.165, 1.54) is 18.2 Å². The molecule has 1 aromatic carbocycles. The molecule has 0 saturated heterocycles.